The quantitative estimate of drug-likeness (QED) is 0.638. The highest BCUT2D eigenvalue weighted by molar-refractivity contribution is 9.10. The summed E-state index contributed by atoms with van der Waals surface area (Å²) in [6.07, 6.45) is -2.50. The van der Waals surface area contributed by atoms with Gasteiger partial charge < -0.3 is 4.90 Å². The molecule has 1 aliphatic rings. The molecule has 0 aliphatic heterocycles. The van der Waals surface area contributed by atoms with Crippen molar-refractivity contribution in [3.05, 3.63) is 33.8 Å². The Kier molecular flexibility index (Phi) is 5.03. The molecule has 0 saturated heterocycles. The Morgan fingerprint density at radius 3 is 2.52 bits per heavy atom. The van der Waals surface area contributed by atoms with E-state index in [1.54, 1.807) is 7.05 Å². The molecule has 7 heteroatoms. The van der Waals surface area contributed by atoms with Gasteiger partial charge in [0.15, 0.2) is 0 Å². The van der Waals surface area contributed by atoms with Crippen molar-refractivity contribution in [2.24, 2.45) is 5.92 Å². The molecule has 0 unspecified atom stereocenters. The van der Waals surface area contributed by atoms with E-state index in [1.165, 1.54) is 17.0 Å². The van der Waals surface area contributed by atoms with Crippen molar-refractivity contribution in [2.45, 2.75) is 23.8 Å². The van der Waals surface area contributed by atoms with Gasteiger partial charge in [-0.1, -0.05) is 31.9 Å². The topological polar surface area (TPSA) is 20.3 Å². The van der Waals surface area contributed by atoms with Gasteiger partial charge in [0.1, 0.15) is 0 Å². The van der Waals surface area contributed by atoms with Crippen molar-refractivity contribution in [3.63, 3.8) is 0 Å². The van der Waals surface area contributed by atoms with Crippen molar-refractivity contribution >= 4 is 37.8 Å². The Balaban J connectivity index is 2.12. The van der Waals surface area contributed by atoms with Crippen LogP contribution in [0.3, 0.4) is 0 Å². The number of carbonyl (C=O) groups is 1. The Labute approximate surface area is 137 Å². The number of benzene rings is 1. The summed E-state index contributed by atoms with van der Waals surface area (Å²) in [5.41, 5.74) is -0.770. The van der Waals surface area contributed by atoms with Crippen LogP contribution in [0, 0.1) is 5.92 Å². The molecule has 0 N–H and O–H groups in total. The van der Waals surface area contributed by atoms with E-state index in [4.69, 9.17) is 0 Å². The number of hydrogen-bond acceptors (Lipinski definition) is 1. The summed E-state index contributed by atoms with van der Waals surface area (Å²) < 4.78 is 38.5. The fourth-order valence-corrected chi connectivity index (χ4v) is 3.90. The highest BCUT2D eigenvalue weighted by Crippen LogP contribution is 2.36. The van der Waals surface area contributed by atoms with Gasteiger partial charge in [-0.3, -0.25) is 4.79 Å². The van der Waals surface area contributed by atoms with Crippen LogP contribution in [0.4, 0.5) is 13.2 Å². The summed E-state index contributed by atoms with van der Waals surface area (Å²) >= 11 is 6.35. The van der Waals surface area contributed by atoms with E-state index in [0.717, 1.165) is 18.9 Å². The van der Waals surface area contributed by atoms with Crippen LogP contribution in [-0.2, 0) is 6.18 Å². The summed E-state index contributed by atoms with van der Waals surface area (Å²) in [4.78, 5) is 14.2. The Morgan fingerprint density at radius 2 is 2.00 bits per heavy atom. The van der Waals surface area contributed by atoms with Crippen molar-refractivity contribution in [3.8, 4) is 0 Å². The zero-order valence-electron chi connectivity index (χ0n) is 11.3. The monoisotopic (exact) mass is 427 g/mol. The average molecular weight is 429 g/mol. The van der Waals surface area contributed by atoms with Gasteiger partial charge >= 0.3 is 6.18 Å². The van der Waals surface area contributed by atoms with Crippen LogP contribution < -0.4 is 0 Å². The van der Waals surface area contributed by atoms with Gasteiger partial charge in [0.05, 0.1) is 5.56 Å². The molecule has 2 rings (SSSR count). The first kappa shape index (κ1) is 16.8. The number of carbonyl (C=O) groups excluding carboxylic acids is 1. The second kappa shape index (κ2) is 6.28. The van der Waals surface area contributed by atoms with E-state index in [9.17, 15) is 18.0 Å². The lowest BCUT2D eigenvalue weighted by Gasteiger charge is -2.34. The number of rotatable bonds is 3. The third kappa shape index (κ3) is 4.00. The van der Waals surface area contributed by atoms with Gasteiger partial charge in [0, 0.05) is 28.5 Å². The molecule has 116 valence electrons. The highest BCUT2D eigenvalue weighted by Gasteiger charge is 2.34. The molecule has 0 radical (unpaired) electrons. The van der Waals surface area contributed by atoms with Crippen LogP contribution in [-0.4, -0.2) is 29.2 Å². The van der Waals surface area contributed by atoms with Gasteiger partial charge in [-0.2, -0.15) is 13.2 Å². The van der Waals surface area contributed by atoms with Gasteiger partial charge in [-0.05, 0) is 37.0 Å². The minimum absolute atomic E-state index is 0.0581. The van der Waals surface area contributed by atoms with Crippen LogP contribution in [0.15, 0.2) is 22.7 Å². The first-order chi connectivity index (χ1) is 9.68. The predicted molar refractivity (Wildman–Crippen MR) is 81.5 cm³/mol. The number of amides is 1. The molecule has 0 aromatic heterocycles. The zero-order valence-corrected chi connectivity index (χ0v) is 14.4. The van der Waals surface area contributed by atoms with E-state index in [1.807, 2.05) is 0 Å². The Bertz CT molecular complexity index is 542. The lowest BCUT2D eigenvalue weighted by Crippen LogP contribution is -2.37. The van der Waals surface area contributed by atoms with E-state index >= 15 is 0 Å². The summed E-state index contributed by atoms with van der Waals surface area (Å²) in [5.74, 6) is 0.0342. The molecule has 21 heavy (non-hydrogen) atoms. The first-order valence-electron chi connectivity index (χ1n) is 6.44. The predicted octanol–water partition coefficient (Wildman–Crippen LogP) is 4.71. The van der Waals surface area contributed by atoms with Crippen molar-refractivity contribution in [2.75, 3.05) is 13.6 Å². The largest absolute Gasteiger partial charge is 0.417 e. The lowest BCUT2D eigenvalue weighted by molar-refractivity contribution is -0.138. The third-order valence-corrected chi connectivity index (χ3v) is 5.01. The normalized spacial score (nSPS) is 21.8. The second-order valence-corrected chi connectivity index (χ2v) is 7.46. The van der Waals surface area contributed by atoms with Crippen molar-refractivity contribution in [1.29, 1.82) is 0 Å². The Hall–Kier alpha value is -0.560. The molecule has 1 amide bonds. The summed E-state index contributed by atoms with van der Waals surface area (Å²) in [7, 11) is 1.62. The molecule has 1 aromatic rings. The van der Waals surface area contributed by atoms with Gasteiger partial charge in [0.2, 0.25) is 0 Å². The summed E-state index contributed by atoms with van der Waals surface area (Å²) in [5, 5.41) is 0. The fraction of sp³-hybridized carbons (Fsp3) is 0.500. The van der Waals surface area contributed by atoms with Crippen molar-refractivity contribution < 1.29 is 18.0 Å². The maximum Gasteiger partial charge on any atom is 0.417 e. The molecule has 1 aliphatic carbocycles. The smallest absolute Gasteiger partial charge is 0.341 e. The number of hydrogen-bond donors (Lipinski definition) is 0. The number of alkyl halides is 4. The number of nitrogens with zero attached hydrogens (tertiary/aromatic N) is 1. The van der Waals surface area contributed by atoms with Crippen LogP contribution in [0.1, 0.15) is 28.8 Å². The van der Waals surface area contributed by atoms with E-state index in [-0.39, 0.29) is 15.9 Å². The maximum atomic E-state index is 12.8. The van der Waals surface area contributed by atoms with Crippen molar-refractivity contribution in [1.82, 2.24) is 4.90 Å². The average Bonchev–Trinajstić information content (AvgIpc) is 2.35. The minimum atomic E-state index is -4.48. The zero-order chi connectivity index (χ0) is 15.8. The van der Waals surface area contributed by atoms with E-state index in [2.05, 4.69) is 31.9 Å². The molecule has 1 saturated carbocycles. The molecular weight excluding hydrogens is 415 g/mol. The summed E-state index contributed by atoms with van der Waals surface area (Å²) in [6, 6.07) is 3.57. The third-order valence-electron chi connectivity index (χ3n) is 3.58. The van der Waals surface area contributed by atoms with Crippen LogP contribution in [0.5, 0.6) is 0 Å². The molecule has 0 spiro atoms. The standard InChI is InChI=1S/C14H14Br2F3NO/c1-20(7-8-4-10(15)5-8)13(21)9-2-3-12(16)11(6-9)14(17,18)19/h2-3,6,8,10H,4-5,7H2,1H3. The molecule has 0 bridgehead atoms. The van der Waals surface area contributed by atoms with Crippen LogP contribution in [0.25, 0.3) is 0 Å². The lowest BCUT2D eigenvalue weighted by atomic mass is 9.85. The number of halogens is 5. The second-order valence-electron chi connectivity index (χ2n) is 5.31. The van der Waals surface area contributed by atoms with Crippen LogP contribution in [0.2, 0.25) is 0 Å². The molecule has 1 fully saturated rings. The molecule has 2 nitrogen and oxygen atoms in total. The van der Waals surface area contributed by atoms with Gasteiger partial charge in [0.25, 0.3) is 5.91 Å². The first-order valence-corrected chi connectivity index (χ1v) is 8.15. The Morgan fingerprint density at radius 1 is 1.38 bits per heavy atom. The SMILES string of the molecule is CN(CC1CC(Br)C1)C(=O)c1ccc(Br)c(C(F)(F)F)c1. The molecule has 1 aromatic carbocycles. The van der Waals surface area contributed by atoms with Crippen LogP contribution >= 0.6 is 31.9 Å². The minimum Gasteiger partial charge on any atom is -0.341 e. The highest BCUT2D eigenvalue weighted by atomic mass is 79.9. The fourth-order valence-electron chi connectivity index (χ4n) is 2.37. The van der Waals surface area contributed by atoms with E-state index in [0.29, 0.717) is 17.3 Å². The maximum absolute atomic E-state index is 12.8. The molecule has 0 heterocycles. The van der Waals surface area contributed by atoms with Gasteiger partial charge in [-0.25, -0.2) is 0 Å². The van der Waals surface area contributed by atoms with Gasteiger partial charge in [-0.15, -0.1) is 0 Å². The molecule has 0 atom stereocenters. The summed E-state index contributed by atoms with van der Waals surface area (Å²) in [6.45, 7) is 0.568. The van der Waals surface area contributed by atoms with E-state index < -0.39 is 11.7 Å². The molecular formula is C14H14Br2F3NO.